The van der Waals surface area contributed by atoms with Crippen LogP contribution in [0.25, 0.3) is 0 Å². The van der Waals surface area contributed by atoms with Crippen LogP contribution in [0.4, 0.5) is 4.39 Å². The van der Waals surface area contributed by atoms with E-state index < -0.39 is 0 Å². The summed E-state index contributed by atoms with van der Waals surface area (Å²) >= 11 is 0.940. The molecule has 0 bridgehead atoms. The smallest absolute Gasteiger partial charge is 0.177 e. The lowest BCUT2D eigenvalue weighted by Gasteiger charge is -1.64. The molecule has 0 atom stereocenters. The third-order valence-electron chi connectivity index (χ3n) is 0.697. The van der Waals surface area contributed by atoms with Crippen molar-refractivity contribution in [2.75, 3.05) is 0 Å². The molecule has 40 valence electrons. The molecule has 0 spiro atoms. The molecule has 0 radical (unpaired) electrons. The van der Waals surface area contributed by atoms with Crippen LogP contribution in [0.15, 0.2) is 11.4 Å². The first kappa shape index (κ1) is 5.26. The molecule has 8 heavy (non-hydrogen) atoms. The maximum atomic E-state index is 12.0. The standard InChI is InChI=1S/C5H2FNS/c6-5-1-4(2-7)3-8-5/h1,3H. The van der Waals surface area contributed by atoms with Gasteiger partial charge >= 0.3 is 0 Å². The van der Waals surface area contributed by atoms with Crippen molar-refractivity contribution in [2.45, 2.75) is 0 Å². The first-order chi connectivity index (χ1) is 3.83. The van der Waals surface area contributed by atoms with E-state index in [0.717, 1.165) is 11.3 Å². The summed E-state index contributed by atoms with van der Waals surface area (Å²) in [5, 5.41) is 9.32. The number of halogens is 1. The van der Waals surface area contributed by atoms with Crippen LogP contribution in [0.3, 0.4) is 0 Å². The lowest BCUT2D eigenvalue weighted by Crippen LogP contribution is -1.58. The van der Waals surface area contributed by atoms with Gasteiger partial charge in [-0.2, -0.15) is 9.65 Å². The molecule has 0 saturated heterocycles. The van der Waals surface area contributed by atoms with Crippen LogP contribution >= 0.6 is 11.3 Å². The Morgan fingerprint density at radius 1 is 1.75 bits per heavy atom. The van der Waals surface area contributed by atoms with Crippen molar-refractivity contribution in [3.05, 3.63) is 22.1 Å². The molecule has 0 N–H and O–H groups in total. The van der Waals surface area contributed by atoms with Gasteiger partial charge in [-0.25, -0.2) is 0 Å². The van der Waals surface area contributed by atoms with E-state index in [4.69, 9.17) is 5.26 Å². The fraction of sp³-hybridized carbons (Fsp3) is 0. The van der Waals surface area contributed by atoms with Gasteiger partial charge in [0.25, 0.3) is 0 Å². The summed E-state index contributed by atoms with van der Waals surface area (Å²) in [7, 11) is 0. The van der Waals surface area contributed by atoms with Crippen LogP contribution in [0.2, 0.25) is 0 Å². The van der Waals surface area contributed by atoms with Crippen molar-refractivity contribution in [3.63, 3.8) is 0 Å². The molecule has 0 aliphatic heterocycles. The number of nitrogens with zero attached hydrogens (tertiary/aromatic N) is 1. The quantitative estimate of drug-likeness (QED) is 0.521. The minimum atomic E-state index is -0.304. The lowest BCUT2D eigenvalue weighted by atomic mass is 10.4. The number of nitriles is 1. The van der Waals surface area contributed by atoms with Gasteiger partial charge in [-0.1, -0.05) is 0 Å². The molecule has 1 heterocycles. The normalized spacial score (nSPS) is 8.50. The number of rotatable bonds is 0. The van der Waals surface area contributed by atoms with E-state index in [-0.39, 0.29) is 5.13 Å². The van der Waals surface area contributed by atoms with Crippen LogP contribution in [0.1, 0.15) is 5.56 Å². The highest BCUT2D eigenvalue weighted by Gasteiger charge is 1.93. The van der Waals surface area contributed by atoms with E-state index in [1.54, 1.807) is 0 Å². The SMILES string of the molecule is N#Cc1csc(F)c1. The molecule has 0 saturated carbocycles. The molecule has 0 amide bonds. The van der Waals surface area contributed by atoms with Gasteiger partial charge in [0, 0.05) is 11.4 Å². The molecule has 1 aromatic heterocycles. The van der Waals surface area contributed by atoms with E-state index in [1.807, 2.05) is 6.07 Å². The van der Waals surface area contributed by atoms with Crippen molar-refractivity contribution < 1.29 is 4.39 Å². The van der Waals surface area contributed by atoms with E-state index in [2.05, 4.69) is 0 Å². The molecule has 1 nitrogen and oxygen atoms in total. The number of hydrogen-bond acceptors (Lipinski definition) is 2. The van der Waals surface area contributed by atoms with Gasteiger partial charge in [-0.15, -0.1) is 11.3 Å². The summed E-state index contributed by atoms with van der Waals surface area (Å²) in [6.07, 6.45) is 0. The zero-order chi connectivity index (χ0) is 5.98. The van der Waals surface area contributed by atoms with Gasteiger partial charge in [0.05, 0.1) is 5.56 Å². The van der Waals surface area contributed by atoms with Gasteiger partial charge < -0.3 is 0 Å². The van der Waals surface area contributed by atoms with Crippen LogP contribution in [0.5, 0.6) is 0 Å². The van der Waals surface area contributed by atoms with Crippen LogP contribution in [0, 0.1) is 16.5 Å². The van der Waals surface area contributed by atoms with Crippen LogP contribution in [-0.2, 0) is 0 Å². The largest absolute Gasteiger partial charge is 0.195 e. The van der Waals surface area contributed by atoms with Gasteiger partial charge in [0.2, 0.25) is 0 Å². The summed E-state index contributed by atoms with van der Waals surface area (Å²) in [6.45, 7) is 0. The van der Waals surface area contributed by atoms with Crippen LogP contribution in [-0.4, -0.2) is 0 Å². The number of hydrogen-bond donors (Lipinski definition) is 0. The average Bonchev–Trinajstić information content (AvgIpc) is 2.14. The highest BCUT2D eigenvalue weighted by Crippen LogP contribution is 2.09. The molecule has 0 fully saturated rings. The zero-order valence-corrected chi connectivity index (χ0v) is 4.70. The molecule has 0 unspecified atom stereocenters. The monoisotopic (exact) mass is 127 g/mol. The van der Waals surface area contributed by atoms with E-state index in [9.17, 15) is 4.39 Å². The predicted octanol–water partition coefficient (Wildman–Crippen LogP) is 1.76. The summed E-state index contributed by atoms with van der Waals surface area (Å²) < 4.78 is 12.0. The highest BCUT2D eigenvalue weighted by atomic mass is 32.1. The Morgan fingerprint density at radius 3 is 2.75 bits per heavy atom. The average molecular weight is 127 g/mol. The van der Waals surface area contributed by atoms with Crippen molar-refractivity contribution in [1.29, 1.82) is 5.26 Å². The molecule has 1 rings (SSSR count). The minimum Gasteiger partial charge on any atom is -0.195 e. The predicted molar refractivity (Wildman–Crippen MR) is 29.0 cm³/mol. The number of thiophene rings is 1. The maximum Gasteiger partial charge on any atom is 0.177 e. The fourth-order valence-corrected chi connectivity index (χ4v) is 0.924. The highest BCUT2D eigenvalue weighted by molar-refractivity contribution is 7.08. The Balaban J connectivity index is 3.05. The molecule has 3 heteroatoms. The van der Waals surface area contributed by atoms with Gasteiger partial charge in [-0.05, 0) is 0 Å². The second kappa shape index (κ2) is 1.93. The Bertz CT molecular complexity index is 223. The van der Waals surface area contributed by atoms with Gasteiger partial charge in [-0.3, -0.25) is 0 Å². The second-order valence-corrected chi connectivity index (χ2v) is 2.11. The maximum absolute atomic E-state index is 12.0. The second-order valence-electron chi connectivity index (χ2n) is 1.25. The lowest BCUT2D eigenvalue weighted by molar-refractivity contribution is 0.657. The first-order valence-corrected chi connectivity index (χ1v) is 2.85. The third-order valence-corrected chi connectivity index (χ3v) is 1.41. The van der Waals surface area contributed by atoms with Crippen molar-refractivity contribution in [2.24, 2.45) is 0 Å². The molecule has 0 aromatic carbocycles. The first-order valence-electron chi connectivity index (χ1n) is 1.97. The topological polar surface area (TPSA) is 23.8 Å². The van der Waals surface area contributed by atoms with E-state index in [0.29, 0.717) is 5.56 Å². The van der Waals surface area contributed by atoms with Crippen molar-refractivity contribution in [3.8, 4) is 6.07 Å². The Hall–Kier alpha value is -0.880. The molecule has 0 aliphatic carbocycles. The molecule has 0 aliphatic rings. The van der Waals surface area contributed by atoms with Crippen LogP contribution < -0.4 is 0 Å². The molecular formula is C5H2FNS. The summed E-state index contributed by atoms with van der Waals surface area (Å²) in [5.74, 6) is 0. The molecule has 1 aromatic rings. The molecular weight excluding hydrogens is 125 g/mol. The van der Waals surface area contributed by atoms with Gasteiger partial charge in [0.1, 0.15) is 6.07 Å². The third kappa shape index (κ3) is 0.849. The summed E-state index contributed by atoms with van der Waals surface area (Å²) in [4.78, 5) is 0. The van der Waals surface area contributed by atoms with E-state index in [1.165, 1.54) is 11.4 Å². The summed E-state index contributed by atoms with van der Waals surface area (Å²) in [6, 6.07) is 3.03. The Labute approximate surface area is 50.0 Å². The zero-order valence-electron chi connectivity index (χ0n) is 3.89. The van der Waals surface area contributed by atoms with Gasteiger partial charge in [0.15, 0.2) is 5.13 Å². The minimum absolute atomic E-state index is 0.304. The van der Waals surface area contributed by atoms with Crippen molar-refractivity contribution in [1.82, 2.24) is 0 Å². The van der Waals surface area contributed by atoms with Crippen molar-refractivity contribution >= 4 is 11.3 Å². The summed E-state index contributed by atoms with van der Waals surface area (Å²) in [5.41, 5.74) is 0.396. The fourth-order valence-electron chi connectivity index (χ4n) is 0.369. The Kier molecular flexibility index (Phi) is 1.27. The van der Waals surface area contributed by atoms with E-state index >= 15 is 0 Å². The Morgan fingerprint density at radius 2 is 2.50 bits per heavy atom.